The van der Waals surface area contributed by atoms with Crippen molar-refractivity contribution in [2.75, 3.05) is 12.9 Å². The number of H-pyrrole nitrogens is 1. The van der Waals surface area contributed by atoms with Gasteiger partial charge in [-0.05, 0) is 0 Å². The first kappa shape index (κ1) is 10.3. The van der Waals surface area contributed by atoms with Gasteiger partial charge in [-0.15, -0.1) is 0 Å². The Hall–Kier alpha value is -1.21. The smallest absolute Gasteiger partial charge is 0.257 e. The van der Waals surface area contributed by atoms with Crippen LogP contribution in [-0.2, 0) is 27.6 Å². The van der Waals surface area contributed by atoms with Gasteiger partial charge < -0.3 is 4.74 Å². The average molecular weight is 230 g/mol. The third-order valence-electron chi connectivity index (χ3n) is 2.16. The first-order valence-corrected chi connectivity index (χ1v) is 6.27. The van der Waals surface area contributed by atoms with Crippen LogP contribution in [0, 0.1) is 0 Å². The summed E-state index contributed by atoms with van der Waals surface area (Å²) in [6, 6.07) is 0. The van der Waals surface area contributed by atoms with E-state index < -0.39 is 15.4 Å². The molecule has 0 atom stereocenters. The first-order valence-electron chi connectivity index (χ1n) is 4.38. The lowest BCUT2D eigenvalue weighted by molar-refractivity contribution is 0.107. The fraction of sp³-hybridized carbons (Fsp3) is 0.500. The molecule has 0 aliphatic carbocycles. The van der Waals surface area contributed by atoms with Crippen molar-refractivity contribution in [2.24, 2.45) is 0 Å². The maximum absolute atomic E-state index is 11.5. The van der Waals surface area contributed by atoms with Crippen LogP contribution in [0.15, 0.2) is 9.95 Å². The van der Waals surface area contributed by atoms with Crippen molar-refractivity contribution >= 4 is 9.84 Å². The van der Waals surface area contributed by atoms with Crippen LogP contribution in [0.25, 0.3) is 0 Å². The lowest BCUT2D eigenvalue weighted by Gasteiger charge is -2.14. The Morgan fingerprint density at radius 2 is 2.20 bits per heavy atom. The zero-order chi connectivity index (χ0) is 11.1. The number of hydrogen-bond acceptors (Lipinski definition) is 5. The molecule has 1 N–H and O–H groups in total. The average Bonchev–Trinajstić information content (AvgIpc) is 2.16. The van der Waals surface area contributed by atoms with E-state index in [0.29, 0.717) is 24.3 Å². The Morgan fingerprint density at radius 1 is 1.47 bits per heavy atom. The van der Waals surface area contributed by atoms with E-state index in [1.165, 1.54) is 0 Å². The fourth-order valence-corrected chi connectivity index (χ4v) is 1.95. The molecule has 7 heteroatoms. The molecule has 0 aromatic carbocycles. The van der Waals surface area contributed by atoms with E-state index in [1.54, 1.807) is 0 Å². The van der Waals surface area contributed by atoms with Crippen LogP contribution >= 0.6 is 0 Å². The van der Waals surface area contributed by atoms with Crippen molar-refractivity contribution in [3.63, 3.8) is 0 Å². The van der Waals surface area contributed by atoms with Gasteiger partial charge in [-0.25, -0.2) is 13.4 Å². The zero-order valence-electron chi connectivity index (χ0n) is 8.11. The predicted octanol–water partition coefficient (Wildman–Crippen LogP) is -0.754. The molecular weight excluding hydrogens is 220 g/mol. The summed E-state index contributed by atoms with van der Waals surface area (Å²) in [6.45, 7) is 0.661. The summed E-state index contributed by atoms with van der Waals surface area (Å²) in [7, 11) is -3.47. The Bertz CT molecular complexity index is 546. The van der Waals surface area contributed by atoms with Crippen LogP contribution in [-0.4, -0.2) is 31.2 Å². The Morgan fingerprint density at radius 3 is 2.87 bits per heavy atom. The van der Waals surface area contributed by atoms with Crippen molar-refractivity contribution in [1.82, 2.24) is 9.97 Å². The minimum atomic E-state index is -3.47. The highest BCUT2D eigenvalue weighted by molar-refractivity contribution is 7.90. The molecule has 2 rings (SSSR count). The molecule has 1 aromatic heterocycles. The highest BCUT2D eigenvalue weighted by Crippen LogP contribution is 2.11. The van der Waals surface area contributed by atoms with Gasteiger partial charge in [0.05, 0.1) is 24.5 Å². The summed E-state index contributed by atoms with van der Waals surface area (Å²) < 4.78 is 27.5. The Balaban J connectivity index is 2.65. The van der Waals surface area contributed by atoms with Gasteiger partial charge in [0.25, 0.3) is 5.56 Å². The number of sulfone groups is 1. The normalized spacial score (nSPS) is 16.1. The standard InChI is InChI=1S/C8H10N2O4S/c1-15(12,13)8-9-6-2-3-14-4-5(6)7(11)10-8/h2-4H2,1H3,(H,9,10,11). The van der Waals surface area contributed by atoms with Gasteiger partial charge in [-0.1, -0.05) is 0 Å². The fourth-order valence-electron chi connectivity index (χ4n) is 1.40. The van der Waals surface area contributed by atoms with E-state index >= 15 is 0 Å². The molecule has 0 bridgehead atoms. The number of fused-ring (bicyclic) bond motifs is 1. The maximum Gasteiger partial charge on any atom is 0.257 e. The molecule has 1 aliphatic heterocycles. The lowest BCUT2D eigenvalue weighted by Crippen LogP contribution is -2.26. The van der Waals surface area contributed by atoms with Gasteiger partial charge in [-0.2, -0.15) is 0 Å². The highest BCUT2D eigenvalue weighted by Gasteiger charge is 2.19. The third-order valence-corrected chi connectivity index (χ3v) is 3.06. The largest absolute Gasteiger partial charge is 0.376 e. The molecule has 0 amide bonds. The van der Waals surface area contributed by atoms with Crippen molar-refractivity contribution in [3.05, 3.63) is 21.6 Å². The van der Waals surface area contributed by atoms with Gasteiger partial charge in [0.15, 0.2) is 0 Å². The molecule has 0 saturated carbocycles. The Labute approximate surface area is 86.2 Å². The van der Waals surface area contributed by atoms with Crippen molar-refractivity contribution in [3.8, 4) is 0 Å². The van der Waals surface area contributed by atoms with E-state index in [2.05, 4.69) is 9.97 Å². The SMILES string of the molecule is CS(=O)(=O)c1nc2c(c(=O)[nH]1)COCC2. The van der Waals surface area contributed by atoms with Crippen molar-refractivity contribution in [1.29, 1.82) is 0 Å². The van der Waals surface area contributed by atoms with Gasteiger partial charge >= 0.3 is 0 Å². The second-order valence-electron chi connectivity index (χ2n) is 3.37. The Kier molecular flexibility index (Phi) is 2.35. The van der Waals surface area contributed by atoms with Gasteiger partial charge in [0, 0.05) is 12.7 Å². The molecule has 15 heavy (non-hydrogen) atoms. The van der Waals surface area contributed by atoms with E-state index in [0.717, 1.165) is 6.26 Å². The number of aromatic nitrogens is 2. The second-order valence-corrected chi connectivity index (χ2v) is 5.30. The number of rotatable bonds is 1. The van der Waals surface area contributed by atoms with Crippen LogP contribution in [0.4, 0.5) is 0 Å². The summed E-state index contributed by atoms with van der Waals surface area (Å²) in [4.78, 5) is 17.7. The minimum absolute atomic E-state index is 0.196. The van der Waals surface area contributed by atoms with E-state index in [4.69, 9.17) is 4.74 Å². The molecule has 0 fully saturated rings. The number of nitrogens with one attached hydrogen (secondary N) is 1. The first-order chi connectivity index (χ1) is 6.98. The van der Waals surface area contributed by atoms with Crippen LogP contribution in [0.3, 0.4) is 0 Å². The molecule has 2 heterocycles. The van der Waals surface area contributed by atoms with Crippen LogP contribution in [0.5, 0.6) is 0 Å². The lowest BCUT2D eigenvalue weighted by atomic mass is 10.1. The molecule has 1 aromatic rings. The summed E-state index contributed by atoms with van der Waals surface area (Å²) in [5.74, 6) is 0. The minimum Gasteiger partial charge on any atom is -0.376 e. The quantitative estimate of drug-likeness (QED) is 0.641. The molecule has 0 radical (unpaired) electrons. The summed E-state index contributed by atoms with van der Waals surface area (Å²) in [5.41, 5.74) is 0.513. The van der Waals surface area contributed by atoms with Gasteiger partial charge in [0.2, 0.25) is 15.0 Å². The molecule has 0 saturated heterocycles. The predicted molar refractivity (Wildman–Crippen MR) is 51.3 cm³/mol. The molecule has 0 unspecified atom stereocenters. The molecular formula is C8H10N2O4S. The number of nitrogens with zero attached hydrogens (tertiary/aromatic N) is 1. The summed E-state index contributed by atoms with van der Waals surface area (Å²) in [6.07, 6.45) is 1.48. The molecule has 1 aliphatic rings. The van der Waals surface area contributed by atoms with E-state index in [1.807, 2.05) is 0 Å². The van der Waals surface area contributed by atoms with Crippen molar-refractivity contribution in [2.45, 2.75) is 18.2 Å². The summed E-state index contributed by atoms with van der Waals surface area (Å²) in [5, 5.41) is -0.270. The third kappa shape index (κ3) is 1.93. The maximum atomic E-state index is 11.5. The van der Waals surface area contributed by atoms with Crippen LogP contribution in [0.2, 0.25) is 0 Å². The van der Waals surface area contributed by atoms with Gasteiger partial charge in [0.1, 0.15) is 0 Å². The van der Waals surface area contributed by atoms with Crippen LogP contribution in [0.1, 0.15) is 11.3 Å². The van der Waals surface area contributed by atoms with E-state index in [9.17, 15) is 13.2 Å². The van der Waals surface area contributed by atoms with Crippen molar-refractivity contribution < 1.29 is 13.2 Å². The number of ether oxygens (including phenoxy) is 1. The molecule has 82 valence electrons. The number of hydrogen-bond donors (Lipinski definition) is 1. The monoisotopic (exact) mass is 230 g/mol. The summed E-state index contributed by atoms with van der Waals surface area (Å²) >= 11 is 0. The van der Waals surface area contributed by atoms with Gasteiger partial charge in [-0.3, -0.25) is 9.78 Å². The topological polar surface area (TPSA) is 89.1 Å². The van der Waals surface area contributed by atoms with Crippen LogP contribution < -0.4 is 5.56 Å². The van der Waals surface area contributed by atoms with E-state index in [-0.39, 0.29) is 11.8 Å². The molecule has 6 nitrogen and oxygen atoms in total. The number of aromatic amines is 1. The molecule has 0 spiro atoms. The zero-order valence-corrected chi connectivity index (χ0v) is 8.93. The highest BCUT2D eigenvalue weighted by atomic mass is 32.2. The second kappa shape index (κ2) is 3.42.